The number of likely N-dealkylation sites (tertiary alicyclic amines) is 1. The van der Waals surface area contributed by atoms with Crippen molar-refractivity contribution >= 4 is 23.4 Å². The predicted molar refractivity (Wildman–Crippen MR) is 94.2 cm³/mol. The average Bonchev–Trinajstić information content (AvgIpc) is 2.63. The van der Waals surface area contributed by atoms with Gasteiger partial charge in [-0.15, -0.1) is 0 Å². The van der Waals surface area contributed by atoms with Crippen LogP contribution in [-0.4, -0.2) is 35.8 Å². The molecule has 2 aromatic carbocycles. The molecule has 6 heteroatoms. The summed E-state index contributed by atoms with van der Waals surface area (Å²) in [6.45, 7) is 1.09. The number of rotatable bonds is 3. The van der Waals surface area contributed by atoms with Gasteiger partial charge in [0.25, 0.3) is 11.8 Å². The van der Waals surface area contributed by atoms with E-state index in [-0.39, 0.29) is 17.5 Å². The average molecular weight is 361 g/mol. The van der Waals surface area contributed by atoms with Gasteiger partial charge in [-0.1, -0.05) is 23.7 Å². The Morgan fingerprint density at radius 2 is 1.68 bits per heavy atom. The number of halogens is 2. The molecule has 1 aliphatic rings. The second kappa shape index (κ2) is 7.66. The molecule has 0 unspecified atom stereocenters. The minimum absolute atomic E-state index is 0.0437. The molecule has 25 heavy (non-hydrogen) atoms. The minimum Gasteiger partial charge on any atom is -0.349 e. The second-order valence-electron chi connectivity index (χ2n) is 6.03. The fourth-order valence-corrected chi connectivity index (χ4v) is 3.04. The molecule has 3 rings (SSSR count). The highest BCUT2D eigenvalue weighted by Crippen LogP contribution is 2.17. The van der Waals surface area contributed by atoms with Crippen LogP contribution in [0.2, 0.25) is 5.02 Å². The molecule has 1 fully saturated rings. The monoisotopic (exact) mass is 360 g/mol. The first-order chi connectivity index (χ1) is 12.0. The second-order valence-corrected chi connectivity index (χ2v) is 6.46. The lowest BCUT2D eigenvalue weighted by Gasteiger charge is -2.32. The Hall–Kier alpha value is -2.40. The number of hydrogen-bond donors (Lipinski definition) is 1. The van der Waals surface area contributed by atoms with Gasteiger partial charge in [0.15, 0.2) is 0 Å². The number of amides is 2. The number of carbonyl (C=O) groups excluding carboxylic acids is 2. The van der Waals surface area contributed by atoms with Crippen molar-refractivity contribution in [3.63, 3.8) is 0 Å². The van der Waals surface area contributed by atoms with E-state index in [1.165, 1.54) is 12.1 Å². The van der Waals surface area contributed by atoms with Crippen molar-refractivity contribution in [2.45, 2.75) is 18.9 Å². The van der Waals surface area contributed by atoms with Crippen LogP contribution in [0.1, 0.15) is 33.6 Å². The van der Waals surface area contributed by atoms with Crippen LogP contribution in [0.4, 0.5) is 4.39 Å². The summed E-state index contributed by atoms with van der Waals surface area (Å²) in [5, 5.41) is 3.44. The van der Waals surface area contributed by atoms with Crippen LogP contribution in [0.3, 0.4) is 0 Å². The molecule has 0 saturated carbocycles. The highest BCUT2D eigenvalue weighted by Gasteiger charge is 2.25. The summed E-state index contributed by atoms with van der Waals surface area (Å²) < 4.78 is 13.7. The lowest BCUT2D eigenvalue weighted by atomic mass is 10.0. The Morgan fingerprint density at radius 3 is 2.32 bits per heavy atom. The Bertz CT molecular complexity index is 771. The molecule has 1 saturated heterocycles. The highest BCUT2D eigenvalue weighted by molar-refractivity contribution is 6.30. The van der Waals surface area contributed by atoms with Gasteiger partial charge in [0.05, 0.1) is 5.56 Å². The third-order valence-electron chi connectivity index (χ3n) is 4.33. The van der Waals surface area contributed by atoms with Crippen LogP contribution < -0.4 is 5.32 Å². The van der Waals surface area contributed by atoms with E-state index < -0.39 is 11.7 Å². The quantitative estimate of drug-likeness (QED) is 0.910. The normalized spacial score (nSPS) is 15.0. The maximum Gasteiger partial charge on any atom is 0.254 e. The van der Waals surface area contributed by atoms with Gasteiger partial charge in [-0.3, -0.25) is 9.59 Å². The maximum absolute atomic E-state index is 13.7. The fourth-order valence-electron chi connectivity index (χ4n) is 2.91. The predicted octanol–water partition coefficient (Wildman–Crippen LogP) is 3.51. The van der Waals surface area contributed by atoms with Crippen molar-refractivity contribution in [2.75, 3.05) is 13.1 Å². The van der Waals surface area contributed by atoms with E-state index in [1.807, 2.05) is 0 Å². The first-order valence-corrected chi connectivity index (χ1v) is 8.52. The van der Waals surface area contributed by atoms with Crippen LogP contribution in [-0.2, 0) is 0 Å². The third-order valence-corrected chi connectivity index (χ3v) is 4.58. The summed E-state index contributed by atoms with van der Waals surface area (Å²) in [6, 6.07) is 12.6. The van der Waals surface area contributed by atoms with Gasteiger partial charge < -0.3 is 10.2 Å². The van der Waals surface area contributed by atoms with Crippen molar-refractivity contribution < 1.29 is 14.0 Å². The number of benzene rings is 2. The van der Waals surface area contributed by atoms with Gasteiger partial charge in [-0.2, -0.15) is 0 Å². The number of piperidine rings is 1. The Balaban J connectivity index is 1.55. The molecule has 0 spiro atoms. The van der Waals surface area contributed by atoms with E-state index in [2.05, 4.69) is 5.32 Å². The van der Waals surface area contributed by atoms with E-state index in [0.29, 0.717) is 36.5 Å². The molecule has 1 N–H and O–H groups in total. The minimum atomic E-state index is -0.532. The van der Waals surface area contributed by atoms with E-state index >= 15 is 0 Å². The smallest absolute Gasteiger partial charge is 0.254 e. The van der Waals surface area contributed by atoms with E-state index in [0.717, 1.165) is 0 Å². The third kappa shape index (κ3) is 4.17. The molecule has 130 valence electrons. The molecule has 2 aromatic rings. The topological polar surface area (TPSA) is 49.4 Å². The van der Waals surface area contributed by atoms with E-state index in [9.17, 15) is 14.0 Å². The van der Waals surface area contributed by atoms with Crippen LogP contribution in [0.25, 0.3) is 0 Å². The summed E-state index contributed by atoms with van der Waals surface area (Å²) >= 11 is 5.84. The summed E-state index contributed by atoms with van der Waals surface area (Å²) in [4.78, 5) is 26.4. The van der Waals surface area contributed by atoms with Gasteiger partial charge in [-0.25, -0.2) is 4.39 Å². The highest BCUT2D eigenvalue weighted by atomic mass is 35.5. The van der Waals surface area contributed by atoms with Gasteiger partial charge in [0.2, 0.25) is 0 Å². The molecule has 1 aliphatic heterocycles. The van der Waals surface area contributed by atoms with Crippen molar-refractivity contribution in [1.82, 2.24) is 10.2 Å². The van der Waals surface area contributed by atoms with E-state index in [4.69, 9.17) is 11.6 Å². The zero-order chi connectivity index (χ0) is 17.8. The van der Waals surface area contributed by atoms with Crippen molar-refractivity contribution in [3.8, 4) is 0 Å². The number of nitrogens with zero attached hydrogens (tertiary/aromatic N) is 1. The number of nitrogens with one attached hydrogen (secondary N) is 1. The molecular weight excluding hydrogens is 343 g/mol. The van der Waals surface area contributed by atoms with Gasteiger partial charge in [-0.05, 0) is 49.2 Å². The van der Waals surface area contributed by atoms with Gasteiger partial charge in [0, 0.05) is 29.7 Å². The van der Waals surface area contributed by atoms with Gasteiger partial charge in [0.1, 0.15) is 5.82 Å². The van der Waals surface area contributed by atoms with Crippen LogP contribution >= 0.6 is 11.6 Å². The Kier molecular flexibility index (Phi) is 5.34. The van der Waals surface area contributed by atoms with Crippen LogP contribution in [0, 0.1) is 5.82 Å². The molecule has 0 bridgehead atoms. The summed E-state index contributed by atoms with van der Waals surface area (Å²) in [5.74, 6) is -0.994. The molecule has 0 radical (unpaired) electrons. The van der Waals surface area contributed by atoms with Crippen LogP contribution in [0.5, 0.6) is 0 Å². The molecule has 0 aromatic heterocycles. The molecule has 0 atom stereocenters. The Morgan fingerprint density at radius 1 is 1.04 bits per heavy atom. The number of carbonyl (C=O) groups is 2. The Labute approximate surface area is 150 Å². The fraction of sp³-hybridized carbons (Fsp3) is 0.263. The van der Waals surface area contributed by atoms with E-state index in [1.54, 1.807) is 41.3 Å². The zero-order valence-corrected chi connectivity index (χ0v) is 14.3. The molecular formula is C19H18ClFN2O2. The first kappa shape index (κ1) is 17.4. The molecule has 4 nitrogen and oxygen atoms in total. The lowest BCUT2D eigenvalue weighted by Crippen LogP contribution is -2.46. The maximum atomic E-state index is 13.7. The largest absolute Gasteiger partial charge is 0.349 e. The summed E-state index contributed by atoms with van der Waals surface area (Å²) in [5.41, 5.74) is 0.639. The lowest BCUT2D eigenvalue weighted by molar-refractivity contribution is 0.0698. The van der Waals surface area contributed by atoms with Crippen LogP contribution in [0.15, 0.2) is 48.5 Å². The summed E-state index contributed by atoms with van der Waals surface area (Å²) in [7, 11) is 0. The first-order valence-electron chi connectivity index (χ1n) is 8.15. The van der Waals surface area contributed by atoms with Crippen molar-refractivity contribution in [3.05, 3.63) is 70.5 Å². The zero-order valence-electron chi connectivity index (χ0n) is 13.5. The molecule has 2 amide bonds. The van der Waals surface area contributed by atoms with Crippen molar-refractivity contribution in [2.24, 2.45) is 0 Å². The van der Waals surface area contributed by atoms with Crippen molar-refractivity contribution in [1.29, 1.82) is 0 Å². The summed E-state index contributed by atoms with van der Waals surface area (Å²) in [6.07, 6.45) is 1.28. The molecule has 1 heterocycles. The standard InChI is InChI=1S/C19H18ClFN2O2/c20-14-7-5-13(6-8-14)19(25)23-11-9-15(10-12-23)22-18(24)16-3-1-2-4-17(16)21/h1-8,15H,9-12H2,(H,22,24). The number of hydrogen-bond acceptors (Lipinski definition) is 2. The van der Waals surface area contributed by atoms with Gasteiger partial charge >= 0.3 is 0 Å². The SMILES string of the molecule is O=C(NC1CCN(C(=O)c2ccc(Cl)cc2)CC1)c1ccccc1F. The molecule has 0 aliphatic carbocycles.